The summed E-state index contributed by atoms with van der Waals surface area (Å²) in [5.74, 6) is -10.6. The summed E-state index contributed by atoms with van der Waals surface area (Å²) in [4.78, 5) is 0. The standard InChI is InChI=1S/2C11H9Cl4N4OP3/c2*12-21(13)17-22(14,15)19-23(18-21)16-7-10-9-4-2-1-3-8(9)5-6-11(10)20-23/h2*1-6,16H,7H2. The Labute approximate surface area is 302 Å². The van der Waals surface area contributed by atoms with Crippen molar-refractivity contribution >= 4 is 150 Å². The van der Waals surface area contributed by atoms with Gasteiger partial charge in [0.25, 0.3) is 23.6 Å². The molecule has 4 aromatic rings. The van der Waals surface area contributed by atoms with E-state index in [1.807, 2.05) is 72.8 Å². The van der Waals surface area contributed by atoms with Crippen LogP contribution in [0.5, 0.6) is 11.5 Å². The topological polar surface area (TPSA) is 117 Å². The minimum absolute atomic E-state index is 0.513. The molecular formula is C22H18Cl8N8O2P6. The number of hydrogen-bond donors (Lipinski definition) is 2. The summed E-state index contributed by atoms with van der Waals surface area (Å²) < 4.78 is 37.3. The van der Waals surface area contributed by atoms with E-state index in [0.29, 0.717) is 24.6 Å². The molecule has 4 aliphatic heterocycles. The average molecular weight is 896 g/mol. The van der Waals surface area contributed by atoms with Crippen molar-refractivity contribution in [3.63, 3.8) is 0 Å². The third-order valence-electron chi connectivity index (χ3n) is 6.72. The van der Waals surface area contributed by atoms with E-state index in [2.05, 4.69) is 37.3 Å². The maximum atomic E-state index is 6.15. The molecular weight excluding hydrogens is 878 g/mol. The lowest BCUT2D eigenvalue weighted by Crippen LogP contribution is -2.19. The van der Waals surface area contributed by atoms with Gasteiger partial charge in [-0.15, -0.1) is 0 Å². The minimum Gasteiger partial charge on any atom is -0.430 e. The van der Waals surface area contributed by atoms with Gasteiger partial charge in [0.05, 0.1) is 0 Å². The van der Waals surface area contributed by atoms with E-state index in [9.17, 15) is 0 Å². The van der Waals surface area contributed by atoms with Crippen LogP contribution < -0.4 is 19.2 Å². The Hall–Kier alpha value is 0.620. The van der Waals surface area contributed by atoms with E-state index in [1.165, 1.54) is 0 Å². The number of nitrogens with zero attached hydrogens (tertiary/aromatic N) is 6. The van der Waals surface area contributed by atoms with Crippen LogP contribution in [-0.2, 0) is 13.1 Å². The molecule has 2 atom stereocenters. The van der Waals surface area contributed by atoms with Crippen molar-refractivity contribution < 1.29 is 9.05 Å². The molecule has 4 heterocycles. The Morgan fingerprint density at radius 2 is 0.826 bits per heavy atom. The first-order chi connectivity index (χ1) is 21.6. The zero-order chi connectivity index (χ0) is 32.6. The Morgan fingerprint density at radius 3 is 1.22 bits per heavy atom. The molecule has 4 aliphatic rings. The SMILES string of the molecule is ClP1(Cl)=NP(Cl)(Cl)=N[P@@]2(=N1)NCc1c(ccc3ccccc13)O2.ClP1(Cl)=NP(Cl)(Cl)=N[P@]2(=N1)NCc1c(ccc3ccccc13)O2. The quantitative estimate of drug-likeness (QED) is 0.171. The summed E-state index contributed by atoms with van der Waals surface area (Å²) in [7, 11) is -5.72. The number of rotatable bonds is 0. The molecule has 0 saturated carbocycles. The lowest BCUT2D eigenvalue weighted by Gasteiger charge is -2.32. The number of halogens is 8. The highest BCUT2D eigenvalue weighted by molar-refractivity contribution is 8.21. The van der Waals surface area contributed by atoms with Gasteiger partial charge in [0.2, 0.25) is 0 Å². The molecule has 24 heteroatoms. The van der Waals surface area contributed by atoms with Crippen LogP contribution in [0.2, 0.25) is 0 Å². The van der Waals surface area contributed by atoms with Crippen molar-refractivity contribution in [2.24, 2.45) is 27.1 Å². The second-order valence-electron chi connectivity index (χ2n) is 9.83. The maximum Gasteiger partial charge on any atom is 0.331 e. The minimum atomic E-state index is -3.00. The zero-order valence-electron chi connectivity index (χ0n) is 22.5. The van der Waals surface area contributed by atoms with Crippen molar-refractivity contribution in [3.8, 4) is 11.5 Å². The summed E-state index contributed by atoms with van der Waals surface area (Å²) in [6.07, 6.45) is 0. The summed E-state index contributed by atoms with van der Waals surface area (Å²) >= 11 is 49.2. The predicted molar refractivity (Wildman–Crippen MR) is 206 cm³/mol. The van der Waals surface area contributed by atoms with Crippen LogP contribution in [0.3, 0.4) is 0 Å². The molecule has 0 aromatic heterocycles. The number of benzene rings is 4. The van der Waals surface area contributed by atoms with Crippen LogP contribution in [0.4, 0.5) is 0 Å². The van der Waals surface area contributed by atoms with Crippen LogP contribution in [0.15, 0.2) is 99.9 Å². The highest BCUT2D eigenvalue weighted by Crippen LogP contribution is 2.86. The first-order valence-corrected chi connectivity index (χ1v) is 30.1. The van der Waals surface area contributed by atoms with Gasteiger partial charge in [-0.05, 0) is 124 Å². The predicted octanol–water partition coefficient (Wildman–Crippen LogP) is 16.3. The first-order valence-electron chi connectivity index (χ1n) is 12.9. The van der Waals surface area contributed by atoms with Crippen molar-refractivity contribution in [2.75, 3.05) is 0 Å². The molecule has 2 N–H and O–H groups in total. The molecule has 4 aromatic carbocycles. The van der Waals surface area contributed by atoms with E-state index in [0.717, 1.165) is 32.7 Å². The van der Waals surface area contributed by atoms with Gasteiger partial charge in [-0.2, -0.15) is 27.1 Å². The zero-order valence-corrected chi connectivity index (χ0v) is 34.0. The molecule has 0 fully saturated rings. The van der Waals surface area contributed by atoms with Gasteiger partial charge < -0.3 is 9.05 Å². The largest absolute Gasteiger partial charge is 0.430 e. The van der Waals surface area contributed by atoms with Gasteiger partial charge in [-0.25, -0.2) is 10.2 Å². The van der Waals surface area contributed by atoms with E-state index < -0.39 is 38.8 Å². The third kappa shape index (κ3) is 7.47. The van der Waals surface area contributed by atoms with E-state index in [1.54, 1.807) is 0 Å². The smallest absolute Gasteiger partial charge is 0.331 e. The van der Waals surface area contributed by atoms with Gasteiger partial charge in [-0.1, -0.05) is 60.7 Å². The molecule has 0 bridgehead atoms. The lowest BCUT2D eigenvalue weighted by atomic mass is 10.0. The molecule has 244 valence electrons. The Morgan fingerprint density at radius 1 is 0.457 bits per heavy atom. The fraction of sp³-hybridized carbons (Fsp3) is 0.0909. The normalized spacial score (nSPS) is 27.3. The number of nitrogens with one attached hydrogen (secondary N) is 2. The molecule has 0 aliphatic carbocycles. The number of fused-ring (bicyclic) bond motifs is 6. The van der Waals surface area contributed by atoms with Crippen LogP contribution in [0.1, 0.15) is 11.1 Å². The third-order valence-corrected chi connectivity index (χ3v) is 29.3. The highest BCUT2D eigenvalue weighted by Gasteiger charge is 2.39. The molecule has 46 heavy (non-hydrogen) atoms. The van der Waals surface area contributed by atoms with Gasteiger partial charge in [0.15, 0.2) is 0 Å². The summed E-state index contributed by atoms with van der Waals surface area (Å²) in [6.45, 7) is 1.03. The average Bonchev–Trinajstić information content (AvgIpc) is 2.93. The monoisotopic (exact) mass is 892 g/mol. The van der Waals surface area contributed by atoms with Gasteiger partial charge in [0.1, 0.15) is 11.5 Å². The maximum absolute atomic E-state index is 6.15. The van der Waals surface area contributed by atoms with Crippen LogP contribution in [0, 0.1) is 0 Å². The Kier molecular flexibility index (Phi) is 9.66. The molecule has 10 nitrogen and oxygen atoms in total. The van der Waals surface area contributed by atoms with Gasteiger partial charge >= 0.3 is 15.2 Å². The second-order valence-corrected chi connectivity index (χ2v) is 34.3. The van der Waals surface area contributed by atoms with Crippen molar-refractivity contribution in [1.82, 2.24) is 10.2 Å². The van der Waals surface area contributed by atoms with E-state index in [4.69, 9.17) is 99.0 Å². The fourth-order valence-corrected chi connectivity index (χ4v) is 34.0. The van der Waals surface area contributed by atoms with Gasteiger partial charge in [0, 0.05) is 24.2 Å². The summed E-state index contributed by atoms with van der Waals surface area (Å²) in [6, 6.07) is 23.9. The number of hydrogen-bond acceptors (Lipinski definition) is 10. The molecule has 2 spiro atoms. The van der Waals surface area contributed by atoms with Gasteiger partial charge in [-0.3, -0.25) is 0 Å². The van der Waals surface area contributed by atoms with Crippen molar-refractivity contribution in [2.45, 2.75) is 13.1 Å². The van der Waals surface area contributed by atoms with Crippen LogP contribution in [-0.4, -0.2) is 0 Å². The molecule has 0 amide bonds. The van der Waals surface area contributed by atoms with E-state index in [-0.39, 0.29) is 0 Å². The summed E-state index contributed by atoms with van der Waals surface area (Å²) in [5, 5.41) is 10.9. The van der Waals surface area contributed by atoms with Crippen molar-refractivity contribution in [1.29, 1.82) is 0 Å². The molecule has 0 unspecified atom stereocenters. The van der Waals surface area contributed by atoms with Crippen LogP contribution in [0.25, 0.3) is 21.5 Å². The first kappa shape index (κ1) is 35.0. The fourth-order valence-electron chi connectivity index (χ4n) is 5.02. The lowest BCUT2D eigenvalue weighted by molar-refractivity contribution is 0.555. The molecule has 0 saturated heterocycles. The van der Waals surface area contributed by atoms with Crippen molar-refractivity contribution in [3.05, 3.63) is 83.9 Å². The molecule has 8 rings (SSSR count). The second kappa shape index (κ2) is 12.7. The van der Waals surface area contributed by atoms with Crippen LogP contribution >= 0.6 is 129 Å². The summed E-state index contributed by atoms with van der Waals surface area (Å²) in [5.41, 5.74) is 2.06. The highest BCUT2D eigenvalue weighted by atomic mass is 35.9. The van der Waals surface area contributed by atoms with E-state index >= 15 is 0 Å². The Bertz CT molecular complexity index is 2140. The Balaban J connectivity index is 0.000000147. The molecule has 0 radical (unpaired) electrons.